The monoisotopic (exact) mass is 429 g/mol. The molecule has 5 N–H and O–H groups in total. The lowest BCUT2D eigenvalue weighted by molar-refractivity contribution is 0.0997. The third-order valence-corrected chi connectivity index (χ3v) is 4.46. The van der Waals surface area contributed by atoms with Crippen molar-refractivity contribution in [1.82, 2.24) is 9.97 Å². The molecular weight excluding hydrogens is 410 g/mol. The van der Waals surface area contributed by atoms with E-state index in [0.29, 0.717) is 28.7 Å². The molecule has 156 valence electrons. The number of hydrogen-bond donors (Lipinski definition) is 4. The number of urea groups is 1. The quantitative estimate of drug-likeness (QED) is 0.457. The zero-order valence-electron chi connectivity index (χ0n) is 16.3. The first kappa shape index (κ1) is 21.0. The highest BCUT2D eigenvalue weighted by atomic mass is 35.5. The highest BCUT2D eigenvalue weighted by Crippen LogP contribution is 2.27. The number of hydrogen-bond acceptors (Lipinski definition) is 5. The Morgan fingerprint density at radius 2 is 1.83 bits per heavy atom. The van der Waals surface area contributed by atoms with Gasteiger partial charge in [-0.25, -0.2) is 9.78 Å². The summed E-state index contributed by atoms with van der Waals surface area (Å²) in [7, 11) is 3.08. The third-order valence-electron chi connectivity index (χ3n) is 4.17. The number of carbonyl (C=O) groups is 2. The first-order chi connectivity index (χ1) is 14.4. The molecule has 0 aliphatic rings. The van der Waals surface area contributed by atoms with E-state index < -0.39 is 11.9 Å². The largest absolute Gasteiger partial charge is 0.497 e. The number of aromatic nitrogens is 2. The molecule has 0 saturated heterocycles. The number of amides is 3. The molecule has 9 nitrogen and oxygen atoms in total. The molecule has 10 heteroatoms. The minimum absolute atomic E-state index is 0.0681. The van der Waals surface area contributed by atoms with Crippen LogP contribution >= 0.6 is 11.6 Å². The molecule has 0 atom stereocenters. The highest BCUT2D eigenvalue weighted by molar-refractivity contribution is 6.32. The number of nitrogens with two attached hydrogens (primary N) is 1. The summed E-state index contributed by atoms with van der Waals surface area (Å²) in [4.78, 5) is 31.2. The molecule has 0 unspecified atom stereocenters. The van der Waals surface area contributed by atoms with E-state index >= 15 is 0 Å². The van der Waals surface area contributed by atoms with E-state index in [4.69, 9.17) is 26.8 Å². The van der Waals surface area contributed by atoms with Gasteiger partial charge in [0.2, 0.25) is 0 Å². The number of carbonyl (C=O) groups excluding carboxylic acids is 2. The average molecular weight is 430 g/mol. The smallest absolute Gasteiger partial charge is 0.324 e. The maximum Gasteiger partial charge on any atom is 0.324 e. The van der Waals surface area contributed by atoms with Crippen LogP contribution in [0.2, 0.25) is 5.02 Å². The first-order valence-electron chi connectivity index (χ1n) is 8.82. The minimum Gasteiger partial charge on any atom is -0.497 e. The standard InChI is InChI=1S/C20H20ClN5O4/c1-29-13-6-3-11(4-7-13)9-16-24-17(18(22)27)19(25-16)26-20(28)23-12-5-8-15(30-2)14(21)10-12/h3-8,10H,9H2,1-2H3,(H2,22,27)(H,24,25)(H2,23,26,28). The second kappa shape index (κ2) is 9.19. The number of ether oxygens (including phenoxy) is 2. The van der Waals surface area contributed by atoms with Gasteiger partial charge in [0.15, 0.2) is 5.69 Å². The number of rotatable bonds is 7. The van der Waals surface area contributed by atoms with Gasteiger partial charge in [-0.2, -0.15) is 0 Å². The number of nitrogens with zero attached hydrogens (tertiary/aromatic N) is 1. The lowest BCUT2D eigenvalue weighted by Crippen LogP contribution is -2.22. The van der Waals surface area contributed by atoms with Gasteiger partial charge in [-0.3, -0.25) is 10.1 Å². The van der Waals surface area contributed by atoms with Crippen molar-refractivity contribution in [1.29, 1.82) is 0 Å². The van der Waals surface area contributed by atoms with Crippen LogP contribution in [0, 0.1) is 0 Å². The molecule has 3 rings (SSSR count). The fourth-order valence-corrected chi connectivity index (χ4v) is 2.99. The van der Waals surface area contributed by atoms with Gasteiger partial charge in [0.25, 0.3) is 5.91 Å². The molecule has 1 heterocycles. The van der Waals surface area contributed by atoms with Gasteiger partial charge in [-0.1, -0.05) is 23.7 Å². The van der Waals surface area contributed by atoms with Gasteiger partial charge in [0.05, 0.1) is 19.2 Å². The van der Waals surface area contributed by atoms with Gasteiger partial charge < -0.3 is 25.5 Å². The molecule has 0 spiro atoms. The summed E-state index contributed by atoms with van der Waals surface area (Å²) in [5, 5.41) is 5.51. The Kier molecular flexibility index (Phi) is 6.43. The van der Waals surface area contributed by atoms with Gasteiger partial charge in [0, 0.05) is 12.1 Å². The summed E-state index contributed by atoms with van der Waals surface area (Å²) in [5.74, 6) is 1.01. The number of primary amides is 1. The van der Waals surface area contributed by atoms with Crippen molar-refractivity contribution < 1.29 is 19.1 Å². The molecule has 0 radical (unpaired) electrons. The predicted octanol–water partition coefficient (Wildman–Crippen LogP) is 3.41. The van der Waals surface area contributed by atoms with Crippen molar-refractivity contribution in [2.45, 2.75) is 6.42 Å². The summed E-state index contributed by atoms with van der Waals surface area (Å²) in [6, 6.07) is 11.6. The summed E-state index contributed by atoms with van der Waals surface area (Å²) < 4.78 is 10.2. The van der Waals surface area contributed by atoms with Gasteiger partial charge in [0.1, 0.15) is 23.1 Å². The minimum atomic E-state index is -0.768. The van der Waals surface area contributed by atoms with E-state index in [2.05, 4.69) is 20.6 Å². The second-order valence-electron chi connectivity index (χ2n) is 6.22. The van der Waals surface area contributed by atoms with Crippen molar-refractivity contribution in [2.24, 2.45) is 5.73 Å². The molecule has 0 saturated carbocycles. The lowest BCUT2D eigenvalue weighted by Gasteiger charge is -2.09. The second-order valence-corrected chi connectivity index (χ2v) is 6.63. The number of imidazole rings is 1. The van der Waals surface area contributed by atoms with Crippen molar-refractivity contribution in [2.75, 3.05) is 24.9 Å². The molecule has 3 aromatic rings. The van der Waals surface area contributed by atoms with Crippen molar-refractivity contribution in [3.8, 4) is 11.5 Å². The summed E-state index contributed by atoms with van der Waals surface area (Å²) in [6.07, 6.45) is 0.404. The average Bonchev–Trinajstić information content (AvgIpc) is 3.11. The number of halogens is 1. The van der Waals surface area contributed by atoms with E-state index in [1.807, 2.05) is 24.3 Å². The van der Waals surface area contributed by atoms with Crippen LogP contribution in [0.5, 0.6) is 11.5 Å². The number of aromatic amines is 1. The Bertz CT molecular complexity index is 1070. The summed E-state index contributed by atoms with van der Waals surface area (Å²) in [5.41, 5.74) is 6.71. The molecule has 0 bridgehead atoms. The zero-order chi connectivity index (χ0) is 21.7. The molecule has 0 fully saturated rings. The molecule has 1 aromatic heterocycles. The van der Waals surface area contributed by atoms with Crippen LogP contribution in [-0.2, 0) is 6.42 Å². The van der Waals surface area contributed by atoms with Crippen molar-refractivity contribution in [3.05, 3.63) is 64.6 Å². The molecule has 0 aliphatic heterocycles. The molecule has 2 aromatic carbocycles. The van der Waals surface area contributed by atoms with Crippen molar-refractivity contribution >= 4 is 35.0 Å². The molecule has 3 amide bonds. The number of H-pyrrole nitrogens is 1. The Labute approximate surface area is 177 Å². The maximum atomic E-state index is 12.4. The summed E-state index contributed by atoms with van der Waals surface area (Å²) in [6.45, 7) is 0. The zero-order valence-corrected chi connectivity index (χ0v) is 17.0. The fourth-order valence-electron chi connectivity index (χ4n) is 2.73. The highest BCUT2D eigenvalue weighted by Gasteiger charge is 2.18. The van der Waals surface area contributed by atoms with E-state index in [1.165, 1.54) is 13.2 Å². The van der Waals surface area contributed by atoms with E-state index in [9.17, 15) is 9.59 Å². The lowest BCUT2D eigenvalue weighted by atomic mass is 10.1. The van der Waals surface area contributed by atoms with Gasteiger partial charge >= 0.3 is 6.03 Å². The number of anilines is 2. The third kappa shape index (κ3) is 5.00. The molecular formula is C20H20ClN5O4. The molecule has 0 aliphatic carbocycles. The van der Waals surface area contributed by atoms with Crippen LogP contribution in [0.1, 0.15) is 21.9 Å². The molecule has 30 heavy (non-hydrogen) atoms. The van der Waals surface area contributed by atoms with E-state index in [1.54, 1.807) is 19.2 Å². The van der Waals surface area contributed by atoms with Crippen molar-refractivity contribution in [3.63, 3.8) is 0 Å². The Morgan fingerprint density at radius 1 is 1.10 bits per heavy atom. The Balaban J connectivity index is 1.73. The van der Waals surface area contributed by atoms with Gasteiger partial charge in [-0.15, -0.1) is 0 Å². The SMILES string of the molecule is COc1ccc(Cc2nc(C(N)=O)c(NC(=O)Nc3ccc(OC)c(Cl)c3)[nH]2)cc1. The first-order valence-corrected chi connectivity index (χ1v) is 9.20. The Morgan fingerprint density at radius 3 is 2.43 bits per heavy atom. The Hall–Kier alpha value is -3.72. The fraction of sp³-hybridized carbons (Fsp3) is 0.150. The van der Waals surface area contributed by atoms with Crippen LogP contribution < -0.4 is 25.8 Å². The normalized spacial score (nSPS) is 10.4. The summed E-state index contributed by atoms with van der Waals surface area (Å²) >= 11 is 6.06. The van der Waals surface area contributed by atoms with Gasteiger partial charge in [-0.05, 0) is 35.9 Å². The van der Waals surface area contributed by atoms with E-state index in [-0.39, 0.29) is 11.5 Å². The number of methoxy groups -OCH3 is 2. The van der Waals surface area contributed by atoms with Crippen LogP contribution in [-0.4, -0.2) is 36.1 Å². The number of benzene rings is 2. The maximum absolute atomic E-state index is 12.4. The van der Waals surface area contributed by atoms with E-state index in [0.717, 1.165) is 11.3 Å². The topological polar surface area (TPSA) is 131 Å². The van der Waals surface area contributed by atoms with Crippen LogP contribution in [0.3, 0.4) is 0 Å². The number of nitrogens with one attached hydrogen (secondary N) is 3. The van der Waals surface area contributed by atoms with Crippen LogP contribution in [0.25, 0.3) is 0 Å². The van der Waals surface area contributed by atoms with Crippen LogP contribution in [0.15, 0.2) is 42.5 Å². The predicted molar refractivity (Wildman–Crippen MR) is 114 cm³/mol. The van der Waals surface area contributed by atoms with Crippen LogP contribution in [0.4, 0.5) is 16.3 Å².